The monoisotopic (exact) mass is 332 g/mol. The normalized spacial score (nSPS) is 22.0. The van der Waals surface area contributed by atoms with Crippen molar-refractivity contribution in [3.63, 3.8) is 0 Å². The highest BCUT2D eigenvalue weighted by molar-refractivity contribution is 7.99. The molecular weight excluding hydrogens is 313 g/mol. The van der Waals surface area contributed by atoms with Crippen molar-refractivity contribution >= 4 is 17.7 Å². The number of alkyl halides is 3. The molecule has 0 bridgehead atoms. The minimum atomic E-state index is -4.42. The molecular formula is C14H19F3N4S. The molecule has 0 aliphatic carbocycles. The number of halogens is 3. The molecule has 0 atom stereocenters. The van der Waals surface area contributed by atoms with E-state index < -0.39 is 11.9 Å². The summed E-state index contributed by atoms with van der Waals surface area (Å²) in [5, 5.41) is 0. The SMILES string of the molecule is FC(F)(F)c1ccnc(N2CCC(N3CCSCC3)CC2)n1. The molecule has 1 aromatic rings. The van der Waals surface area contributed by atoms with E-state index in [1.807, 2.05) is 16.7 Å². The van der Waals surface area contributed by atoms with Gasteiger partial charge in [0.25, 0.3) is 0 Å². The van der Waals surface area contributed by atoms with Crippen LogP contribution in [0, 0.1) is 0 Å². The van der Waals surface area contributed by atoms with Gasteiger partial charge in [0.05, 0.1) is 0 Å². The van der Waals surface area contributed by atoms with E-state index in [1.54, 1.807) is 0 Å². The van der Waals surface area contributed by atoms with E-state index in [1.165, 1.54) is 17.7 Å². The molecule has 0 saturated carbocycles. The van der Waals surface area contributed by atoms with E-state index in [9.17, 15) is 13.2 Å². The van der Waals surface area contributed by atoms with Crippen molar-refractivity contribution in [3.05, 3.63) is 18.0 Å². The average Bonchev–Trinajstić information content (AvgIpc) is 2.55. The summed E-state index contributed by atoms with van der Waals surface area (Å²) < 4.78 is 38.2. The molecule has 2 aliphatic heterocycles. The van der Waals surface area contributed by atoms with E-state index in [0.29, 0.717) is 6.04 Å². The van der Waals surface area contributed by atoms with Gasteiger partial charge in [-0.1, -0.05) is 0 Å². The van der Waals surface area contributed by atoms with Gasteiger partial charge < -0.3 is 4.90 Å². The molecule has 0 spiro atoms. The predicted molar refractivity (Wildman–Crippen MR) is 81.2 cm³/mol. The second-order valence-electron chi connectivity index (χ2n) is 5.61. The van der Waals surface area contributed by atoms with Crippen LogP contribution in [0.4, 0.5) is 19.1 Å². The van der Waals surface area contributed by atoms with Crippen LogP contribution in [0.25, 0.3) is 0 Å². The van der Waals surface area contributed by atoms with Crippen LogP contribution in [0.5, 0.6) is 0 Å². The fourth-order valence-electron chi connectivity index (χ4n) is 3.03. The molecule has 0 radical (unpaired) electrons. The largest absolute Gasteiger partial charge is 0.433 e. The Balaban J connectivity index is 1.61. The molecule has 2 saturated heterocycles. The van der Waals surface area contributed by atoms with Gasteiger partial charge in [0.1, 0.15) is 5.69 Å². The average molecular weight is 332 g/mol. The second kappa shape index (κ2) is 6.62. The van der Waals surface area contributed by atoms with Crippen LogP contribution in [0.2, 0.25) is 0 Å². The Labute approximate surface area is 132 Å². The number of nitrogens with zero attached hydrogens (tertiary/aromatic N) is 4. The lowest BCUT2D eigenvalue weighted by Gasteiger charge is -2.40. The van der Waals surface area contributed by atoms with Crippen molar-refractivity contribution in [3.8, 4) is 0 Å². The van der Waals surface area contributed by atoms with E-state index >= 15 is 0 Å². The molecule has 0 aromatic carbocycles. The van der Waals surface area contributed by atoms with Crippen molar-refractivity contribution in [1.29, 1.82) is 0 Å². The molecule has 22 heavy (non-hydrogen) atoms. The third-order valence-corrected chi connectivity index (χ3v) is 5.19. The summed E-state index contributed by atoms with van der Waals surface area (Å²) in [6.07, 6.45) is -1.30. The Kier molecular flexibility index (Phi) is 4.77. The summed E-state index contributed by atoms with van der Waals surface area (Å²) >= 11 is 1.99. The zero-order valence-electron chi connectivity index (χ0n) is 12.2. The first kappa shape index (κ1) is 15.9. The minimum Gasteiger partial charge on any atom is -0.341 e. The fraction of sp³-hybridized carbons (Fsp3) is 0.714. The standard InChI is InChI=1S/C14H19F3N4S/c15-14(16,17)12-1-4-18-13(19-12)21-5-2-11(3-6-21)20-7-9-22-10-8-20/h1,4,11H,2-3,5-10H2. The number of hydrogen-bond donors (Lipinski definition) is 0. The number of thioether (sulfide) groups is 1. The third kappa shape index (κ3) is 3.65. The Bertz CT molecular complexity index is 497. The second-order valence-corrected chi connectivity index (χ2v) is 6.83. The maximum Gasteiger partial charge on any atom is 0.433 e. The summed E-state index contributed by atoms with van der Waals surface area (Å²) in [5.41, 5.74) is -0.868. The summed E-state index contributed by atoms with van der Waals surface area (Å²) in [6.45, 7) is 3.68. The van der Waals surface area contributed by atoms with E-state index in [4.69, 9.17) is 0 Å². The molecule has 2 aliphatic rings. The van der Waals surface area contributed by atoms with Gasteiger partial charge in [-0.15, -0.1) is 0 Å². The van der Waals surface area contributed by atoms with Crippen molar-refractivity contribution in [1.82, 2.24) is 14.9 Å². The molecule has 0 amide bonds. The first-order valence-electron chi connectivity index (χ1n) is 7.51. The van der Waals surface area contributed by atoms with Crippen LogP contribution in [0.15, 0.2) is 12.3 Å². The van der Waals surface area contributed by atoms with Gasteiger partial charge in [-0.2, -0.15) is 24.9 Å². The van der Waals surface area contributed by atoms with Crippen LogP contribution in [0.3, 0.4) is 0 Å². The highest BCUT2D eigenvalue weighted by atomic mass is 32.2. The molecule has 0 N–H and O–H groups in total. The van der Waals surface area contributed by atoms with E-state index in [-0.39, 0.29) is 5.95 Å². The first-order chi connectivity index (χ1) is 10.5. The quantitative estimate of drug-likeness (QED) is 0.831. The van der Waals surface area contributed by atoms with Gasteiger partial charge in [-0.05, 0) is 18.9 Å². The molecule has 2 fully saturated rings. The minimum absolute atomic E-state index is 0.197. The van der Waals surface area contributed by atoms with Crippen molar-refractivity contribution in [2.24, 2.45) is 0 Å². The van der Waals surface area contributed by atoms with Gasteiger partial charge >= 0.3 is 6.18 Å². The van der Waals surface area contributed by atoms with Crippen LogP contribution >= 0.6 is 11.8 Å². The van der Waals surface area contributed by atoms with Gasteiger partial charge in [0.15, 0.2) is 0 Å². The molecule has 1 aromatic heterocycles. The Morgan fingerprint density at radius 3 is 2.41 bits per heavy atom. The van der Waals surface area contributed by atoms with Crippen molar-refractivity contribution < 1.29 is 13.2 Å². The van der Waals surface area contributed by atoms with Gasteiger partial charge in [0, 0.05) is 49.9 Å². The lowest BCUT2D eigenvalue weighted by Crippen LogP contribution is -2.48. The maximum atomic E-state index is 12.7. The summed E-state index contributed by atoms with van der Waals surface area (Å²) in [4.78, 5) is 12.1. The molecule has 4 nitrogen and oxygen atoms in total. The number of piperidine rings is 1. The number of hydrogen-bond acceptors (Lipinski definition) is 5. The number of anilines is 1. The van der Waals surface area contributed by atoms with Crippen molar-refractivity contribution in [2.75, 3.05) is 42.6 Å². The first-order valence-corrected chi connectivity index (χ1v) is 8.66. The Morgan fingerprint density at radius 1 is 1.09 bits per heavy atom. The van der Waals surface area contributed by atoms with Crippen LogP contribution in [-0.4, -0.2) is 58.6 Å². The number of aromatic nitrogens is 2. The van der Waals surface area contributed by atoms with Crippen LogP contribution in [0.1, 0.15) is 18.5 Å². The molecule has 0 unspecified atom stereocenters. The Hall–Kier alpha value is -1.02. The lowest BCUT2D eigenvalue weighted by atomic mass is 10.0. The van der Waals surface area contributed by atoms with E-state index in [2.05, 4.69) is 14.9 Å². The molecule has 3 heterocycles. The van der Waals surface area contributed by atoms with Gasteiger partial charge in [0.2, 0.25) is 5.95 Å². The Morgan fingerprint density at radius 2 is 1.77 bits per heavy atom. The third-order valence-electron chi connectivity index (χ3n) is 4.24. The fourth-order valence-corrected chi connectivity index (χ4v) is 3.96. The molecule has 122 valence electrons. The van der Waals surface area contributed by atoms with Crippen LogP contribution in [-0.2, 0) is 6.18 Å². The van der Waals surface area contributed by atoms with Gasteiger partial charge in [-0.25, -0.2) is 9.97 Å². The predicted octanol–water partition coefficient (Wildman–Crippen LogP) is 2.51. The number of rotatable bonds is 2. The van der Waals surface area contributed by atoms with Crippen molar-refractivity contribution in [2.45, 2.75) is 25.1 Å². The topological polar surface area (TPSA) is 32.3 Å². The zero-order valence-corrected chi connectivity index (χ0v) is 13.0. The molecule has 3 rings (SSSR count). The summed E-state index contributed by atoms with van der Waals surface area (Å²) in [5.74, 6) is 2.55. The maximum absolute atomic E-state index is 12.7. The van der Waals surface area contributed by atoms with Gasteiger partial charge in [-0.3, -0.25) is 4.90 Å². The highest BCUT2D eigenvalue weighted by Crippen LogP contribution is 2.29. The lowest BCUT2D eigenvalue weighted by molar-refractivity contribution is -0.141. The zero-order chi connectivity index (χ0) is 15.6. The highest BCUT2D eigenvalue weighted by Gasteiger charge is 2.34. The summed E-state index contributed by atoms with van der Waals surface area (Å²) in [7, 11) is 0. The summed E-state index contributed by atoms with van der Waals surface area (Å²) in [6, 6.07) is 1.46. The molecule has 8 heteroatoms. The van der Waals surface area contributed by atoms with Crippen LogP contribution < -0.4 is 4.90 Å². The van der Waals surface area contributed by atoms with E-state index in [0.717, 1.165) is 45.1 Å². The smallest absolute Gasteiger partial charge is 0.341 e.